The molecule has 0 aliphatic heterocycles. The van der Waals surface area contributed by atoms with Gasteiger partial charge in [0.05, 0.1) is 5.75 Å². The highest BCUT2D eigenvalue weighted by atomic mass is 35.5. The highest BCUT2D eigenvalue weighted by molar-refractivity contribution is 7.98. The summed E-state index contributed by atoms with van der Waals surface area (Å²) < 4.78 is 7.30. The van der Waals surface area contributed by atoms with Crippen molar-refractivity contribution in [3.05, 3.63) is 70.8 Å². The van der Waals surface area contributed by atoms with Gasteiger partial charge in [0.1, 0.15) is 0 Å². The molecule has 4 rings (SSSR count). The molecular formula is C20H18ClN5OS. The molecule has 0 atom stereocenters. The van der Waals surface area contributed by atoms with E-state index in [1.807, 2.05) is 47.9 Å². The van der Waals surface area contributed by atoms with Crippen LogP contribution in [0.4, 0.5) is 0 Å². The second-order valence-corrected chi connectivity index (χ2v) is 7.61. The summed E-state index contributed by atoms with van der Waals surface area (Å²) in [7, 11) is 0. The third-order valence-electron chi connectivity index (χ3n) is 4.18. The zero-order valence-corrected chi connectivity index (χ0v) is 17.0. The van der Waals surface area contributed by atoms with Crippen molar-refractivity contribution in [2.45, 2.75) is 31.2 Å². The van der Waals surface area contributed by atoms with Crippen LogP contribution in [-0.2, 0) is 12.2 Å². The van der Waals surface area contributed by atoms with E-state index < -0.39 is 0 Å². The van der Waals surface area contributed by atoms with Gasteiger partial charge in [-0.05, 0) is 31.2 Å². The molecule has 0 saturated heterocycles. The predicted octanol–water partition coefficient (Wildman–Crippen LogP) is 5.13. The lowest BCUT2D eigenvalue weighted by Crippen LogP contribution is -2.00. The van der Waals surface area contributed by atoms with Gasteiger partial charge in [0.2, 0.25) is 5.89 Å². The van der Waals surface area contributed by atoms with E-state index in [9.17, 15) is 0 Å². The van der Waals surface area contributed by atoms with E-state index in [4.69, 9.17) is 16.1 Å². The molecule has 8 heteroatoms. The molecule has 0 unspecified atom stereocenters. The fraction of sp³-hybridized carbons (Fsp3) is 0.200. The maximum Gasteiger partial charge on any atom is 0.237 e. The quantitative estimate of drug-likeness (QED) is 0.409. The zero-order valence-electron chi connectivity index (χ0n) is 15.5. The average molecular weight is 412 g/mol. The van der Waals surface area contributed by atoms with Gasteiger partial charge in [-0.15, -0.1) is 10.2 Å². The lowest BCUT2D eigenvalue weighted by molar-refractivity contribution is 0.385. The van der Waals surface area contributed by atoms with E-state index in [0.29, 0.717) is 22.5 Å². The lowest BCUT2D eigenvalue weighted by atomic mass is 10.1. The van der Waals surface area contributed by atoms with Gasteiger partial charge < -0.3 is 4.52 Å². The standard InChI is InChI=1S/C20H18ClN5OS/c1-3-17-22-18(27-25-17)12-28-20-24-23-19(14-6-4-13(2)5-7-14)26(20)16-10-8-15(21)9-11-16/h4-11H,3,12H2,1-2H3. The number of thioether (sulfide) groups is 1. The van der Waals surface area contributed by atoms with E-state index >= 15 is 0 Å². The fourth-order valence-corrected chi connectivity index (χ4v) is 3.61. The highest BCUT2D eigenvalue weighted by Crippen LogP contribution is 2.30. The van der Waals surface area contributed by atoms with Crippen molar-refractivity contribution < 1.29 is 4.52 Å². The number of rotatable bonds is 6. The SMILES string of the molecule is CCc1noc(CSc2nnc(-c3ccc(C)cc3)n2-c2ccc(Cl)cc2)n1. The molecule has 0 aliphatic carbocycles. The van der Waals surface area contributed by atoms with Gasteiger partial charge in [0.15, 0.2) is 16.8 Å². The third-order valence-corrected chi connectivity index (χ3v) is 5.34. The number of benzene rings is 2. The number of aromatic nitrogens is 5. The number of nitrogens with zero attached hydrogens (tertiary/aromatic N) is 5. The second-order valence-electron chi connectivity index (χ2n) is 6.23. The second kappa shape index (κ2) is 8.16. The minimum atomic E-state index is 0.520. The van der Waals surface area contributed by atoms with Gasteiger partial charge in [0.25, 0.3) is 0 Å². The summed E-state index contributed by atoms with van der Waals surface area (Å²) in [6, 6.07) is 15.8. The smallest absolute Gasteiger partial charge is 0.237 e. The first kappa shape index (κ1) is 18.7. The summed E-state index contributed by atoms with van der Waals surface area (Å²) in [6.07, 6.45) is 0.743. The molecule has 2 heterocycles. The minimum absolute atomic E-state index is 0.520. The van der Waals surface area contributed by atoms with Crippen LogP contribution in [0.1, 0.15) is 24.2 Å². The van der Waals surface area contributed by atoms with Crippen molar-refractivity contribution >= 4 is 23.4 Å². The largest absolute Gasteiger partial charge is 0.338 e. The van der Waals surface area contributed by atoms with Crippen molar-refractivity contribution in [3.63, 3.8) is 0 Å². The van der Waals surface area contributed by atoms with E-state index in [1.165, 1.54) is 17.3 Å². The molecule has 2 aromatic heterocycles. The van der Waals surface area contributed by atoms with E-state index in [0.717, 1.165) is 28.7 Å². The maximum atomic E-state index is 6.07. The molecule has 4 aromatic rings. The Morgan fingerprint density at radius 1 is 1.04 bits per heavy atom. The molecule has 28 heavy (non-hydrogen) atoms. The Balaban J connectivity index is 1.71. The molecule has 0 amide bonds. The van der Waals surface area contributed by atoms with Crippen molar-refractivity contribution in [3.8, 4) is 17.1 Å². The van der Waals surface area contributed by atoms with Gasteiger partial charge >= 0.3 is 0 Å². The fourth-order valence-electron chi connectivity index (χ4n) is 2.69. The van der Waals surface area contributed by atoms with Gasteiger partial charge in [-0.2, -0.15) is 4.98 Å². The molecule has 2 aromatic carbocycles. The van der Waals surface area contributed by atoms with Crippen LogP contribution < -0.4 is 0 Å². The molecule has 0 fully saturated rings. The van der Waals surface area contributed by atoms with Crippen LogP contribution in [0.5, 0.6) is 0 Å². The Kier molecular flexibility index (Phi) is 5.45. The van der Waals surface area contributed by atoms with Crippen LogP contribution in [0.25, 0.3) is 17.1 Å². The maximum absolute atomic E-state index is 6.07. The summed E-state index contributed by atoms with van der Waals surface area (Å²) in [6.45, 7) is 4.05. The Morgan fingerprint density at radius 3 is 2.46 bits per heavy atom. The van der Waals surface area contributed by atoms with E-state index in [2.05, 4.69) is 39.4 Å². The predicted molar refractivity (Wildman–Crippen MR) is 110 cm³/mol. The van der Waals surface area contributed by atoms with Gasteiger partial charge in [-0.1, -0.05) is 65.3 Å². The lowest BCUT2D eigenvalue weighted by Gasteiger charge is -2.10. The molecule has 0 saturated carbocycles. The normalized spacial score (nSPS) is 11.1. The molecule has 142 valence electrons. The first-order valence-corrected chi connectivity index (χ1v) is 10.2. The molecule has 0 bridgehead atoms. The Hall–Kier alpha value is -2.64. The van der Waals surface area contributed by atoms with Crippen molar-refractivity contribution in [1.82, 2.24) is 24.9 Å². The first-order valence-electron chi connectivity index (χ1n) is 8.86. The Morgan fingerprint density at radius 2 is 1.79 bits per heavy atom. The van der Waals surface area contributed by atoms with Crippen LogP contribution in [0.15, 0.2) is 58.2 Å². The summed E-state index contributed by atoms with van der Waals surface area (Å²) in [5.41, 5.74) is 3.12. The van der Waals surface area contributed by atoms with Crippen LogP contribution in [0.2, 0.25) is 5.02 Å². The van der Waals surface area contributed by atoms with Crippen LogP contribution in [0.3, 0.4) is 0 Å². The molecule has 6 nitrogen and oxygen atoms in total. The van der Waals surface area contributed by atoms with Crippen molar-refractivity contribution in [2.75, 3.05) is 0 Å². The first-order chi connectivity index (χ1) is 13.6. The number of hydrogen-bond acceptors (Lipinski definition) is 6. The number of hydrogen-bond donors (Lipinski definition) is 0. The summed E-state index contributed by atoms with van der Waals surface area (Å²) in [5, 5.41) is 14.2. The summed E-state index contributed by atoms with van der Waals surface area (Å²) >= 11 is 7.57. The zero-order chi connectivity index (χ0) is 19.5. The van der Waals surface area contributed by atoms with Gasteiger partial charge in [-0.25, -0.2) is 0 Å². The summed E-state index contributed by atoms with van der Waals surface area (Å²) in [5.74, 6) is 2.57. The Bertz CT molecular complexity index is 1070. The van der Waals surface area contributed by atoms with Crippen molar-refractivity contribution in [1.29, 1.82) is 0 Å². The highest BCUT2D eigenvalue weighted by Gasteiger charge is 2.17. The van der Waals surface area contributed by atoms with Crippen LogP contribution >= 0.6 is 23.4 Å². The molecule has 0 radical (unpaired) electrons. The third kappa shape index (κ3) is 3.95. The average Bonchev–Trinajstić information content (AvgIpc) is 3.34. The van der Waals surface area contributed by atoms with E-state index in [-0.39, 0.29) is 0 Å². The Labute approximate surface area is 172 Å². The van der Waals surface area contributed by atoms with Crippen LogP contribution in [0, 0.1) is 6.92 Å². The minimum Gasteiger partial charge on any atom is -0.338 e. The molecule has 0 N–H and O–H groups in total. The molecule has 0 aliphatic rings. The molecular weight excluding hydrogens is 394 g/mol. The monoisotopic (exact) mass is 411 g/mol. The topological polar surface area (TPSA) is 69.6 Å². The van der Waals surface area contributed by atoms with Gasteiger partial charge in [-0.3, -0.25) is 4.57 Å². The number of aryl methyl sites for hydroxylation is 2. The van der Waals surface area contributed by atoms with E-state index in [1.54, 1.807) is 0 Å². The summed E-state index contributed by atoms with van der Waals surface area (Å²) in [4.78, 5) is 4.36. The number of halogens is 1. The van der Waals surface area contributed by atoms with Crippen LogP contribution in [-0.4, -0.2) is 24.9 Å². The van der Waals surface area contributed by atoms with Gasteiger partial charge in [0, 0.05) is 22.7 Å². The molecule has 0 spiro atoms. The van der Waals surface area contributed by atoms with Crippen molar-refractivity contribution in [2.24, 2.45) is 0 Å².